The SMILES string of the molecule is CCOC(=O)NC1CCC(OC(=O)c2cccc(I)c2)CC1. The second-order valence-corrected chi connectivity index (χ2v) is 6.50. The number of carbonyl (C=O) groups is 2. The van der Waals surface area contributed by atoms with E-state index in [0.717, 1.165) is 29.3 Å². The van der Waals surface area contributed by atoms with Crippen LogP contribution in [0.5, 0.6) is 0 Å². The van der Waals surface area contributed by atoms with Gasteiger partial charge in [0.25, 0.3) is 0 Å². The summed E-state index contributed by atoms with van der Waals surface area (Å²) in [5.41, 5.74) is 0.582. The molecule has 0 spiro atoms. The van der Waals surface area contributed by atoms with Crippen LogP contribution < -0.4 is 5.32 Å². The van der Waals surface area contributed by atoms with E-state index < -0.39 is 0 Å². The van der Waals surface area contributed by atoms with Gasteiger partial charge in [-0.2, -0.15) is 0 Å². The number of esters is 1. The Morgan fingerprint density at radius 3 is 2.64 bits per heavy atom. The molecule has 1 saturated carbocycles. The molecule has 1 aliphatic rings. The maximum absolute atomic E-state index is 12.1. The molecule has 0 unspecified atom stereocenters. The molecule has 0 atom stereocenters. The van der Waals surface area contributed by atoms with Crippen LogP contribution in [0.4, 0.5) is 4.79 Å². The fraction of sp³-hybridized carbons (Fsp3) is 0.500. The molecule has 2 rings (SSSR count). The van der Waals surface area contributed by atoms with Gasteiger partial charge in [-0.25, -0.2) is 9.59 Å². The van der Waals surface area contributed by atoms with Crippen molar-refractivity contribution in [1.82, 2.24) is 5.32 Å². The summed E-state index contributed by atoms with van der Waals surface area (Å²) >= 11 is 2.17. The summed E-state index contributed by atoms with van der Waals surface area (Å²) in [6.07, 6.45) is 2.65. The Morgan fingerprint density at radius 2 is 2.00 bits per heavy atom. The zero-order valence-electron chi connectivity index (χ0n) is 12.5. The van der Waals surface area contributed by atoms with Crippen LogP contribution in [-0.4, -0.2) is 30.8 Å². The molecule has 0 aliphatic heterocycles. The highest BCUT2D eigenvalue weighted by Gasteiger charge is 2.25. The first-order valence-electron chi connectivity index (χ1n) is 7.48. The third-order valence-electron chi connectivity index (χ3n) is 3.61. The lowest BCUT2D eigenvalue weighted by Crippen LogP contribution is -2.39. The van der Waals surface area contributed by atoms with Crippen LogP contribution in [0.15, 0.2) is 24.3 Å². The maximum atomic E-state index is 12.1. The third kappa shape index (κ3) is 5.15. The fourth-order valence-corrected chi connectivity index (χ4v) is 3.04. The predicted octanol–water partition coefficient (Wildman–Crippen LogP) is 3.51. The zero-order chi connectivity index (χ0) is 15.9. The normalized spacial score (nSPS) is 21.0. The van der Waals surface area contributed by atoms with Crippen LogP contribution in [0.2, 0.25) is 0 Å². The molecule has 1 amide bonds. The first kappa shape index (κ1) is 17.1. The topological polar surface area (TPSA) is 64.6 Å². The number of halogens is 1. The Labute approximate surface area is 143 Å². The number of alkyl carbamates (subject to hydrolysis) is 1. The number of hydrogen-bond donors (Lipinski definition) is 1. The molecule has 0 radical (unpaired) electrons. The summed E-state index contributed by atoms with van der Waals surface area (Å²) in [4.78, 5) is 23.5. The molecule has 5 nitrogen and oxygen atoms in total. The number of rotatable bonds is 4. The molecule has 1 fully saturated rings. The summed E-state index contributed by atoms with van der Waals surface area (Å²) in [6, 6.07) is 7.46. The van der Waals surface area contributed by atoms with Gasteiger partial charge in [-0.05, 0) is 73.4 Å². The number of benzene rings is 1. The van der Waals surface area contributed by atoms with E-state index in [1.54, 1.807) is 13.0 Å². The number of carbonyl (C=O) groups excluding carboxylic acids is 2. The van der Waals surface area contributed by atoms with E-state index in [-0.39, 0.29) is 24.2 Å². The predicted molar refractivity (Wildman–Crippen MR) is 90.8 cm³/mol. The van der Waals surface area contributed by atoms with Crippen LogP contribution >= 0.6 is 22.6 Å². The lowest BCUT2D eigenvalue weighted by molar-refractivity contribution is 0.0183. The monoisotopic (exact) mass is 417 g/mol. The molecule has 22 heavy (non-hydrogen) atoms. The van der Waals surface area contributed by atoms with E-state index in [9.17, 15) is 9.59 Å². The summed E-state index contributed by atoms with van der Waals surface area (Å²) in [5.74, 6) is -0.277. The Hall–Kier alpha value is -1.31. The van der Waals surface area contributed by atoms with Gasteiger partial charge in [-0.1, -0.05) is 6.07 Å². The van der Waals surface area contributed by atoms with Crippen LogP contribution in [0.1, 0.15) is 43.0 Å². The molecule has 1 N–H and O–H groups in total. The maximum Gasteiger partial charge on any atom is 0.407 e. The summed E-state index contributed by atoms with van der Waals surface area (Å²) in [7, 11) is 0. The summed E-state index contributed by atoms with van der Waals surface area (Å²) in [6.45, 7) is 2.15. The van der Waals surface area contributed by atoms with E-state index in [4.69, 9.17) is 9.47 Å². The Kier molecular flexibility index (Phi) is 6.48. The molecule has 1 aromatic carbocycles. The van der Waals surface area contributed by atoms with Crippen molar-refractivity contribution in [3.05, 3.63) is 33.4 Å². The van der Waals surface area contributed by atoms with E-state index in [2.05, 4.69) is 27.9 Å². The Morgan fingerprint density at radius 1 is 1.27 bits per heavy atom. The van der Waals surface area contributed by atoms with Crippen LogP contribution in [0.25, 0.3) is 0 Å². The summed E-state index contributed by atoms with van der Waals surface area (Å²) in [5, 5.41) is 2.83. The second-order valence-electron chi connectivity index (χ2n) is 5.25. The van der Waals surface area contributed by atoms with Crippen molar-refractivity contribution in [3.63, 3.8) is 0 Å². The average Bonchev–Trinajstić information content (AvgIpc) is 2.49. The quantitative estimate of drug-likeness (QED) is 0.602. The van der Waals surface area contributed by atoms with E-state index >= 15 is 0 Å². The van der Waals surface area contributed by atoms with Crippen molar-refractivity contribution in [1.29, 1.82) is 0 Å². The molecule has 120 valence electrons. The highest BCUT2D eigenvalue weighted by molar-refractivity contribution is 14.1. The number of ether oxygens (including phenoxy) is 2. The van der Waals surface area contributed by atoms with Crippen molar-refractivity contribution in [2.24, 2.45) is 0 Å². The van der Waals surface area contributed by atoms with Crippen molar-refractivity contribution < 1.29 is 19.1 Å². The zero-order valence-corrected chi connectivity index (χ0v) is 14.7. The van der Waals surface area contributed by atoms with Gasteiger partial charge >= 0.3 is 12.1 Å². The number of amides is 1. The minimum atomic E-state index is -0.373. The molecule has 0 bridgehead atoms. The van der Waals surface area contributed by atoms with Crippen LogP contribution in [-0.2, 0) is 9.47 Å². The first-order chi connectivity index (χ1) is 10.6. The Bertz CT molecular complexity index is 527. The van der Waals surface area contributed by atoms with Crippen LogP contribution in [0.3, 0.4) is 0 Å². The number of nitrogens with one attached hydrogen (secondary N) is 1. The molecule has 0 aromatic heterocycles. The van der Waals surface area contributed by atoms with Crippen molar-refractivity contribution >= 4 is 34.7 Å². The van der Waals surface area contributed by atoms with E-state index in [0.29, 0.717) is 12.2 Å². The molecule has 6 heteroatoms. The van der Waals surface area contributed by atoms with Gasteiger partial charge in [0.05, 0.1) is 12.2 Å². The molecule has 0 heterocycles. The van der Waals surface area contributed by atoms with Crippen molar-refractivity contribution in [2.75, 3.05) is 6.61 Å². The van der Waals surface area contributed by atoms with Gasteiger partial charge in [0.1, 0.15) is 6.10 Å². The van der Waals surface area contributed by atoms with Gasteiger partial charge in [-0.3, -0.25) is 0 Å². The molecule has 0 saturated heterocycles. The van der Waals surface area contributed by atoms with Crippen molar-refractivity contribution in [3.8, 4) is 0 Å². The number of hydrogen-bond acceptors (Lipinski definition) is 4. The largest absolute Gasteiger partial charge is 0.459 e. The molecular formula is C16H20INO4. The van der Waals surface area contributed by atoms with Gasteiger partial charge < -0.3 is 14.8 Å². The molecular weight excluding hydrogens is 397 g/mol. The molecule has 1 aromatic rings. The van der Waals surface area contributed by atoms with E-state index in [1.807, 2.05) is 18.2 Å². The fourth-order valence-electron chi connectivity index (χ4n) is 2.50. The smallest absolute Gasteiger partial charge is 0.407 e. The average molecular weight is 417 g/mol. The minimum Gasteiger partial charge on any atom is -0.459 e. The highest BCUT2D eigenvalue weighted by Crippen LogP contribution is 2.22. The minimum absolute atomic E-state index is 0.0781. The van der Waals surface area contributed by atoms with Crippen LogP contribution in [0, 0.1) is 3.57 Å². The van der Waals surface area contributed by atoms with E-state index in [1.165, 1.54) is 0 Å². The standard InChI is InChI=1S/C16H20INO4/c1-2-21-16(20)18-13-6-8-14(9-7-13)22-15(19)11-4-3-5-12(17)10-11/h3-5,10,13-14H,2,6-9H2,1H3,(H,18,20). The van der Waals surface area contributed by atoms with Gasteiger partial charge in [0.2, 0.25) is 0 Å². The second kappa shape index (κ2) is 8.36. The van der Waals surface area contributed by atoms with Crippen molar-refractivity contribution in [2.45, 2.75) is 44.8 Å². The third-order valence-corrected chi connectivity index (χ3v) is 4.28. The highest BCUT2D eigenvalue weighted by atomic mass is 127. The van der Waals surface area contributed by atoms with Gasteiger partial charge in [0, 0.05) is 9.61 Å². The summed E-state index contributed by atoms with van der Waals surface area (Å²) < 4.78 is 11.4. The first-order valence-corrected chi connectivity index (χ1v) is 8.56. The Balaban J connectivity index is 1.77. The van der Waals surface area contributed by atoms with Gasteiger partial charge in [0.15, 0.2) is 0 Å². The molecule has 1 aliphatic carbocycles. The lowest BCUT2D eigenvalue weighted by atomic mass is 9.93. The van der Waals surface area contributed by atoms with Gasteiger partial charge in [-0.15, -0.1) is 0 Å². The lowest BCUT2D eigenvalue weighted by Gasteiger charge is -2.28.